The van der Waals surface area contributed by atoms with Gasteiger partial charge < -0.3 is 15.7 Å². The molecule has 0 radical (unpaired) electrons. The molecule has 1 aliphatic rings. The highest BCUT2D eigenvalue weighted by Crippen LogP contribution is 2.28. The van der Waals surface area contributed by atoms with Crippen molar-refractivity contribution in [3.63, 3.8) is 0 Å². The summed E-state index contributed by atoms with van der Waals surface area (Å²) in [5.41, 5.74) is -0.659. The molecule has 86 valence electrons. The first-order chi connectivity index (χ1) is 7.16. The van der Waals surface area contributed by atoms with Gasteiger partial charge in [0.2, 0.25) is 5.91 Å². The molecule has 0 atom stereocenters. The van der Waals surface area contributed by atoms with E-state index in [1.165, 1.54) is 0 Å². The summed E-state index contributed by atoms with van der Waals surface area (Å²) in [7, 11) is 0. The van der Waals surface area contributed by atoms with Crippen molar-refractivity contribution in [2.24, 2.45) is 0 Å². The quantitative estimate of drug-likeness (QED) is 0.435. The molecule has 0 spiro atoms. The van der Waals surface area contributed by atoms with E-state index in [0.29, 0.717) is 13.1 Å². The van der Waals surface area contributed by atoms with Crippen LogP contribution in [0, 0.1) is 0 Å². The number of hydrogen-bond acceptors (Lipinski definition) is 3. The number of nitrogens with one attached hydrogen (secondary N) is 2. The van der Waals surface area contributed by atoms with E-state index in [-0.39, 0.29) is 12.5 Å². The van der Waals surface area contributed by atoms with Gasteiger partial charge >= 0.3 is 0 Å². The van der Waals surface area contributed by atoms with Gasteiger partial charge in [-0.25, -0.2) is 0 Å². The highest BCUT2D eigenvalue weighted by atomic mass is 16.3. The minimum atomic E-state index is -0.659. The van der Waals surface area contributed by atoms with Crippen LogP contribution < -0.4 is 10.6 Å². The Bertz CT molecular complexity index is 223. The second-order valence-corrected chi connectivity index (χ2v) is 4.13. The summed E-state index contributed by atoms with van der Waals surface area (Å²) in [4.78, 5) is 11.3. The Morgan fingerprint density at radius 1 is 1.47 bits per heavy atom. The van der Waals surface area contributed by atoms with Crippen molar-refractivity contribution in [1.29, 1.82) is 0 Å². The van der Waals surface area contributed by atoms with Crippen molar-refractivity contribution < 1.29 is 9.90 Å². The monoisotopic (exact) mass is 212 g/mol. The fourth-order valence-corrected chi connectivity index (χ4v) is 1.82. The molecule has 0 unspecified atom stereocenters. The third-order valence-electron chi connectivity index (χ3n) is 2.72. The van der Waals surface area contributed by atoms with Gasteiger partial charge in [0.1, 0.15) is 0 Å². The second kappa shape index (κ2) is 5.88. The summed E-state index contributed by atoms with van der Waals surface area (Å²) in [5, 5.41) is 15.6. The van der Waals surface area contributed by atoms with Gasteiger partial charge in [-0.05, 0) is 12.8 Å². The summed E-state index contributed by atoms with van der Waals surface area (Å²) < 4.78 is 0. The van der Waals surface area contributed by atoms with Crippen molar-refractivity contribution in [2.45, 2.75) is 31.3 Å². The van der Waals surface area contributed by atoms with Gasteiger partial charge in [0.15, 0.2) is 0 Å². The van der Waals surface area contributed by atoms with Crippen LogP contribution in [0.5, 0.6) is 0 Å². The van der Waals surface area contributed by atoms with Crippen molar-refractivity contribution in [2.75, 3.05) is 19.6 Å². The smallest absolute Gasteiger partial charge is 0.234 e. The first kappa shape index (κ1) is 12.2. The van der Waals surface area contributed by atoms with Crippen LogP contribution in [0.2, 0.25) is 0 Å². The van der Waals surface area contributed by atoms with Gasteiger partial charge in [-0.3, -0.25) is 4.79 Å². The Labute approximate surface area is 90.7 Å². The SMILES string of the molecule is C=CCNCC(=O)NCC1(O)CCCC1. The van der Waals surface area contributed by atoms with Crippen LogP contribution in [-0.4, -0.2) is 36.2 Å². The maximum atomic E-state index is 11.3. The Hall–Kier alpha value is -0.870. The van der Waals surface area contributed by atoms with Crippen LogP contribution in [0.15, 0.2) is 12.7 Å². The first-order valence-electron chi connectivity index (χ1n) is 5.47. The van der Waals surface area contributed by atoms with E-state index in [1.54, 1.807) is 6.08 Å². The number of amides is 1. The first-order valence-corrected chi connectivity index (χ1v) is 5.47. The molecule has 1 fully saturated rings. The molecule has 4 heteroatoms. The van der Waals surface area contributed by atoms with E-state index in [9.17, 15) is 9.90 Å². The van der Waals surface area contributed by atoms with E-state index in [0.717, 1.165) is 25.7 Å². The number of carbonyl (C=O) groups is 1. The van der Waals surface area contributed by atoms with E-state index >= 15 is 0 Å². The average Bonchev–Trinajstić information content (AvgIpc) is 2.64. The van der Waals surface area contributed by atoms with Crippen molar-refractivity contribution in [3.05, 3.63) is 12.7 Å². The minimum Gasteiger partial charge on any atom is -0.388 e. The van der Waals surface area contributed by atoms with Crippen molar-refractivity contribution in [3.8, 4) is 0 Å². The molecule has 4 nitrogen and oxygen atoms in total. The maximum absolute atomic E-state index is 11.3. The van der Waals surface area contributed by atoms with Crippen LogP contribution >= 0.6 is 0 Å². The number of rotatable bonds is 6. The Morgan fingerprint density at radius 3 is 2.73 bits per heavy atom. The molecule has 15 heavy (non-hydrogen) atoms. The van der Waals surface area contributed by atoms with E-state index in [2.05, 4.69) is 17.2 Å². The number of hydrogen-bond donors (Lipinski definition) is 3. The summed E-state index contributed by atoms with van der Waals surface area (Å²) in [6.45, 7) is 4.82. The molecule has 1 aliphatic carbocycles. The zero-order valence-electron chi connectivity index (χ0n) is 9.09. The predicted octanol–water partition coefficient (Wildman–Crippen LogP) is 0.183. The lowest BCUT2D eigenvalue weighted by Crippen LogP contribution is -2.43. The van der Waals surface area contributed by atoms with Gasteiger partial charge in [0.25, 0.3) is 0 Å². The summed E-state index contributed by atoms with van der Waals surface area (Å²) in [6.07, 6.45) is 5.42. The zero-order chi connectivity index (χ0) is 11.1. The van der Waals surface area contributed by atoms with Crippen molar-refractivity contribution in [1.82, 2.24) is 10.6 Å². The third kappa shape index (κ3) is 4.44. The summed E-state index contributed by atoms with van der Waals surface area (Å²) >= 11 is 0. The number of carbonyl (C=O) groups excluding carboxylic acids is 1. The normalized spacial score (nSPS) is 18.7. The molecule has 0 bridgehead atoms. The zero-order valence-corrected chi connectivity index (χ0v) is 9.09. The summed E-state index contributed by atoms with van der Waals surface area (Å²) in [5.74, 6) is -0.0721. The maximum Gasteiger partial charge on any atom is 0.234 e. The number of aliphatic hydroxyl groups is 1. The molecule has 0 aromatic rings. The molecule has 0 aliphatic heterocycles. The highest BCUT2D eigenvalue weighted by Gasteiger charge is 2.31. The standard InChI is InChI=1S/C11H20N2O2/c1-2-7-12-8-10(14)13-9-11(15)5-3-4-6-11/h2,12,15H,1,3-9H2,(H,13,14). The molecule has 0 heterocycles. The molecular weight excluding hydrogens is 192 g/mol. The highest BCUT2D eigenvalue weighted by molar-refractivity contribution is 5.78. The van der Waals surface area contributed by atoms with Crippen LogP contribution in [0.4, 0.5) is 0 Å². The van der Waals surface area contributed by atoms with Crippen molar-refractivity contribution >= 4 is 5.91 Å². The second-order valence-electron chi connectivity index (χ2n) is 4.13. The lowest BCUT2D eigenvalue weighted by molar-refractivity contribution is -0.121. The molecule has 1 amide bonds. The van der Waals surface area contributed by atoms with Crippen LogP contribution in [0.1, 0.15) is 25.7 Å². The van der Waals surface area contributed by atoms with Gasteiger partial charge in [-0.2, -0.15) is 0 Å². The predicted molar refractivity (Wildman–Crippen MR) is 59.5 cm³/mol. The Morgan fingerprint density at radius 2 is 2.13 bits per heavy atom. The van der Waals surface area contributed by atoms with E-state index in [4.69, 9.17) is 0 Å². The Balaban J connectivity index is 2.13. The molecule has 1 rings (SSSR count). The van der Waals surface area contributed by atoms with E-state index < -0.39 is 5.60 Å². The molecule has 3 N–H and O–H groups in total. The molecule has 1 saturated carbocycles. The van der Waals surface area contributed by atoms with E-state index in [1.807, 2.05) is 0 Å². The Kier molecular flexibility index (Phi) is 4.78. The third-order valence-corrected chi connectivity index (χ3v) is 2.72. The van der Waals surface area contributed by atoms with Gasteiger partial charge in [-0.1, -0.05) is 18.9 Å². The molecule has 0 aromatic heterocycles. The van der Waals surface area contributed by atoms with Gasteiger partial charge in [0.05, 0.1) is 12.1 Å². The average molecular weight is 212 g/mol. The largest absolute Gasteiger partial charge is 0.388 e. The minimum absolute atomic E-state index is 0.0721. The fourth-order valence-electron chi connectivity index (χ4n) is 1.82. The van der Waals surface area contributed by atoms with Gasteiger partial charge in [-0.15, -0.1) is 6.58 Å². The lowest BCUT2D eigenvalue weighted by atomic mass is 10.0. The lowest BCUT2D eigenvalue weighted by Gasteiger charge is -2.22. The summed E-state index contributed by atoms with van der Waals surface area (Å²) in [6, 6.07) is 0. The topological polar surface area (TPSA) is 61.4 Å². The molecular formula is C11H20N2O2. The van der Waals surface area contributed by atoms with Gasteiger partial charge in [0, 0.05) is 13.1 Å². The molecule has 0 saturated heterocycles. The van der Waals surface area contributed by atoms with Crippen LogP contribution in [0.3, 0.4) is 0 Å². The molecule has 0 aromatic carbocycles. The van der Waals surface area contributed by atoms with Crippen LogP contribution in [0.25, 0.3) is 0 Å². The fraction of sp³-hybridized carbons (Fsp3) is 0.727. The van der Waals surface area contributed by atoms with Crippen LogP contribution in [-0.2, 0) is 4.79 Å².